The van der Waals surface area contributed by atoms with Gasteiger partial charge < -0.3 is 30.6 Å². The van der Waals surface area contributed by atoms with Gasteiger partial charge in [-0.15, -0.1) is 0 Å². The van der Waals surface area contributed by atoms with Crippen LogP contribution in [0, 0.1) is 23.6 Å². The van der Waals surface area contributed by atoms with E-state index in [4.69, 9.17) is 4.74 Å². The highest BCUT2D eigenvalue weighted by Crippen LogP contribution is 2.28. The van der Waals surface area contributed by atoms with Gasteiger partial charge in [-0.25, -0.2) is 13.8 Å². The molecule has 4 rings (SSSR count). The van der Waals surface area contributed by atoms with Crippen LogP contribution in [-0.2, 0) is 6.54 Å². The van der Waals surface area contributed by atoms with E-state index in [1.165, 1.54) is 32.4 Å². The van der Waals surface area contributed by atoms with Gasteiger partial charge in [0, 0.05) is 25.2 Å². The molecule has 1 saturated heterocycles. The van der Waals surface area contributed by atoms with Crippen molar-refractivity contribution in [3.8, 4) is 17.6 Å². The van der Waals surface area contributed by atoms with Crippen LogP contribution in [0.3, 0.4) is 0 Å². The second-order valence-corrected chi connectivity index (χ2v) is 9.80. The Hall–Kier alpha value is -4.38. The molecule has 3 atom stereocenters. The lowest BCUT2D eigenvalue weighted by molar-refractivity contribution is -0.139. The van der Waals surface area contributed by atoms with Crippen LogP contribution >= 0.6 is 0 Å². The Morgan fingerprint density at radius 2 is 1.93 bits per heavy atom. The van der Waals surface area contributed by atoms with E-state index in [2.05, 4.69) is 38.1 Å². The fourth-order valence-corrected chi connectivity index (χ4v) is 4.70. The molecule has 224 valence electrons. The number of aromatic nitrogens is 2. The van der Waals surface area contributed by atoms with Crippen LogP contribution in [-0.4, -0.2) is 73.5 Å². The Balaban J connectivity index is 1.63. The van der Waals surface area contributed by atoms with Crippen molar-refractivity contribution in [2.75, 3.05) is 39.1 Å². The largest absolute Gasteiger partial charge is 0.495 e. The van der Waals surface area contributed by atoms with Crippen LogP contribution in [0.2, 0.25) is 0 Å². The average Bonchev–Trinajstić information content (AvgIpc) is 3.33. The van der Waals surface area contributed by atoms with Crippen LogP contribution in [0.15, 0.2) is 30.6 Å². The SMILES string of the molecule is CNC(=O)c1cc(OC)c(NCC#Cc2cc(C(=O)N[C@@H]3[C@@H](C)CNC[C@@H]3F)c3ncn(CC(F)(F)F)c3c2)cc1F. The number of hydrogen-bond acceptors (Lipinski definition) is 6. The number of fused-ring (bicyclic) bond motifs is 1. The summed E-state index contributed by atoms with van der Waals surface area (Å²) < 4.78 is 74.8. The highest BCUT2D eigenvalue weighted by atomic mass is 19.4. The monoisotopic (exact) mass is 592 g/mol. The third-order valence-corrected chi connectivity index (χ3v) is 6.79. The first-order valence-corrected chi connectivity index (χ1v) is 13.0. The van der Waals surface area contributed by atoms with Gasteiger partial charge in [-0.2, -0.15) is 13.2 Å². The second-order valence-electron chi connectivity index (χ2n) is 9.80. The van der Waals surface area contributed by atoms with Crippen molar-refractivity contribution in [2.24, 2.45) is 5.92 Å². The molecule has 1 aliphatic heterocycles. The quantitative estimate of drug-likeness (QED) is 0.248. The maximum atomic E-state index is 14.6. The molecule has 0 unspecified atom stereocenters. The Morgan fingerprint density at radius 3 is 2.60 bits per heavy atom. The van der Waals surface area contributed by atoms with Gasteiger partial charge in [-0.05, 0) is 30.7 Å². The van der Waals surface area contributed by atoms with Crippen molar-refractivity contribution in [1.29, 1.82) is 0 Å². The maximum absolute atomic E-state index is 14.6. The fourth-order valence-electron chi connectivity index (χ4n) is 4.70. The molecule has 42 heavy (non-hydrogen) atoms. The van der Waals surface area contributed by atoms with Gasteiger partial charge in [-0.1, -0.05) is 18.8 Å². The Labute approximate surface area is 238 Å². The molecular formula is C28H29F5N6O3. The number of hydrogen-bond donors (Lipinski definition) is 4. The molecule has 2 aromatic carbocycles. The van der Waals surface area contributed by atoms with E-state index in [-0.39, 0.29) is 58.2 Å². The zero-order chi connectivity index (χ0) is 30.6. The van der Waals surface area contributed by atoms with Gasteiger partial charge in [-0.3, -0.25) is 9.59 Å². The number of methoxy groups -OCH3 is 1. The van der Waals surface area contributed by atoms with E-state index >= 15 is 0 Å². The minimum atomic E-state index is -4.55. The minimum Gasteiger partial charge on any atom is -0.495 e. The van der Waals surface area contributed by atoms with Crippen molar-refractivity contribution >= 4 is 28.5 Å². The van der Waals surface area contributed by atoms with Crippen molar-refractivity contribution in [2.45, 2.75) is 31.9 Å². The molecule has 0 bridgehead atoms. The summed E-state index contributed by atoms with van der Waals surface area (Å²) in [5.74, 6) is 3.44. The summed E-state index contributed by atoms with van der Waals surface area (Å²) in [5, 5.41) is 10.8. The standard InChI is InChI=1S/C28H29F5N6O3/c1-15-11-35-12-20(30)24(15)38-27(41)18-7-16(8-22-25(18)37-14-39(22)13-28(31,32)33)5-4-6-36-21-10-19(29)17(26(40)34-2)9-23(21)42-3/h7-10,14-15,20,24,35-36H,6,11-13H2,1-3H3,(H,34,40)(H,38,41)/t15-,20-,24+/m0/s1. The van der Waals surface area contributed by atoms with E-state index in [0.29, 0.717) is 6.54 Å². The van der Waals surface area contributed by atoms with Crippen LogP contribution in [0.1, 0.15) is 33.2 Å². The molecule has 4 N–H and O–H groups in total. The molecule has 0 radical (unpaired) electrons. The Morgan fingerprint density at radius 1 is 1.17 bits per heavy atom. The lowest BCUT2D eigenvalue weighted by Crippen LogP contribution is -2.55. The number of carbonyl (C=O) groups is 2. The summed E-state index contributed by atoms with van der Waals surface area (Å²) >= 11 is 0. The first-order valence-electron chi connectivity index (χ1n) is 13.0. The molecule has 9 nitrogen and oxygen atoms in total. The van der Waals surface area contributed by atoms with E-state index in [1.807, 2.05) is 0 Å². The minimum absolute atomic E-state index is 0.0221. The number of halogens is 5. The van der Waals surface area contributed by atoms with Crippen LogP contribution in [0.25, 0.3) is 11.0 Å². The topological polar surface area (TPSA) is 109 Å². The lowest BCUT2D eigenvalue weighted by atomic mass is 9.93. The summed E-state index contributed by atoms with van der Waals surface area (Å²) in [5.41, 5.74) is 0.222. The predicted octanol–water partition coefficient (Wildman–Crippen LogP) is 3.25. The van der Waals surface area contributed by atoms with E-state index < -0.39 is 42.6 Å². The summed E-state index contributed by atoms with van der Waals surface area (Å²) in [6.07, 6.45) is -4.91. The molecule has 1 aliphatic rings. The Bertz CT molecular complexity index is 1530. The molecule has 0 saturated carbocycles. The highest BCUT2D eigenvalue weighted by molar-refractivity contribution is 6.05. The molecule has 1 fully saturated rings. The summed E-state index contributed by atoms with van der Waals surface area (Å²) in [6, 6.07) is 4.27. The number of nitrogens with zero attached hydrogens (tertiary/aromatic N) is 2. The van der Waals surface area contributed by atoms with E-state index in [1.54, 1.807) is 6.92 Å². The molecule has 14 heteroatoms. The van der Waals surface area contributed by atoms with E-state index in [0.717, 1.165) is 17.0 Å². The number of anilines is 1. The normalized spacial score (nSPS) is 18.6. The zero-order valence-electron chi connectivity index (χ0n) is 23.0. The number of nitrogens with one attached hydrogen (secondary N) is 4. The molecular weight excluding hydrogens is 563 g/mol. The highest BCUT2D eigenvalue weighted by Gasteiger charge is 2.33. The smallest absolute Gasteiger partial charge is 0.406 e. The maximum Gasteiger partial charge on any atom is 0.406 e. The third kappa shape index (κ3) is 6.91. The number of alkyl halides is 4. The van der Waals surface area contributed by atoms with Crippen molar-refractivity contribution in [1.82, 2.24) is 25.5 Å². The number of amides is 2. The van der Waals surface area contributed by atoms with Gasteiger partial charge in [0.2, 0.25) is 0 Å². The third-order valence-electron chi connectivity index (χ3n) is 6.79. The van der Waals surface area contributed by atoms with Crippen LogP contribution in [0.5, 0.6) is 5.75 Å². The number of imidazole rings is 1. The fraction of sp³-hybridized carbons (Fsp3) is 0.393. The molecule has 0 spiro atoms. The van der Waals surface area contributed by atoms with Crippen LogP contribution in [0.4, 0.5) is 27.6 Å². The molecule has 3 aromatic rings. The first kappa shape index (κ1) is 30.6. The van der Waals surface area contributed by atoms with E-state index in [9.17, 15) is 31.5 Å². The van der Waals surface area contributed by atoms with Gasteiger partial charge >= 0.3 is 6.18 Å². The summed E-state index contributed by atoms with van der Waals surface area (Å²) in [6.45, 7) is 0.944. The summed E-state index contributed by atoms with van der Waals surface area (Å²) in [4.78, 5) is 29.2. The van der Waals surface area contributed by atoms with Gasteiger partial charge in [0.25, 0.3) is 11.8 Å². The van der Waals surface area contributed by atoms with Crippen molar-refractivity contribution < 1.29 is 36.3 Å². The molecule has 1 aromatic heterocycles. The van der Waals surface area contributed by atoms with Crippen molar-refractivity contribution in [3.63, 3.8) is 0 Å². The number of ether oxygens (including phenoxy) is 1. The first-order chi connectivity index (χ1) is 19.9. The predicted molar refractivity (Wildman–Crippen MR) is 146 cm³/mol. The average molecular weight is 593 g/mol. The van der Waals surface area contributed by atoms with Gasteiger partial charge in [0.15, 0.2) is 0 Å². The van der Waals surface area contributed by atoms with Gasteiger partial charge in [0.1, 0.15) is 29.8 Å². The number of piperidine rings is 1. The lowest BCUT2D eigenvalue weighted by Gasteiger charge is -2.33. The second kappa shape index (κ2) is 12.6. The molecule has 2 heterocycles. The summed E-state index contributed by atoms with van der Waals surface area (Å²) in [7, 11) is 2.71. The number of benzene rings is 2. The van der Waals surface area contributed by atoms with Crippen molar-refractivity contribution in [3.05, 3.63) is 53.1 Å². The molecule has 2 amide bonds. The zero-order valence-corrected chi connectivity index (χ0v) is 23.0. The number of carbonyl (C=O) groups excluding carboxylic acids is 2. The van der Waals surface area contributed by atoms with Crippen LogP contribution < -0.4 is 26.0 Å². The van der Waals surface area contributed by atoms with Gasteiger partial charge in [0.05, 0.1) is 48.4 Å². The Kier molecular flexibility index (Phi) is 9.20. The number of rotatable bonds is 7. The molecule has 0 aliphatic carbocycles.